The third kappa shape index (κ3) is 4.53. The molecule has 4 rings (SSSR count). The van der Waals surface area contributed by atoms with E-state index in [1.807, 2.05) is 28.8 Å². The molecule has 1 aliphatic rings. The van der Waals surface area contributed by atoms with E-state index in [1.165, 1.54) is 9.60 Å². The molecule has 1 aliphatic heterocycles. The number of nitrogens with zero attached hydrogens (tertiary/aromatic N) is 3. The van der Waals surface area contributed by atoms with Crippen molar-refractivity contribution in [3.05, 3.63) is 52.5 Å². The molecule has 0 aliphatic carbocycles. The van der Waals surface area contributed by atoms with Gasteiger partial charge in [0.15, 0.2) is 5.13 Å². The third-order valence-electron chi connectivity index (χ3n) is 4.83. The van der Waals surface area contributed by atoms with E-state index in [4.69, 9.17) is 4.98 Å². The number of benzene rings is 2. The highest BCUT2D eigenvalue weighted by atomic mass is 79.9. The van der Waals surface area contributed by atoms with Crippen LogP contribution in [0, 0.1) is 0 Å². The van der Waals surface area contributed by atoms with Gasteiger partial charge in [-0.05, 0) is 41.6 Å². The normalized spacial score (nSPS) is 14.6. The third-order valence-corrected chi connectivity index (χ3v) is 7.30. The van der Waals surface area contributed by atoms with E-state index >= 15 is 0 Å². The van der Waals surface area contributed by atoms with Crippen LogP contribution in [-0.2, 0) is 11.2 Å². The van der Waals surface area contributed by atoms with Crippen molar-refractivity contribution in [3.8, 4) is 0 Å². The van der Waals surface area contributed by atoms with Crippen LogP contribution >= 0.6 is 39.0 Å². The molecule has 28 heavy (non-hydrogen) atoms. The second-order valence-corrected chi connectivity index (χ2v) is 9.99. The molecule has 0 atom stereocenters. The molecule has 1 amide bonds. The molecule has 0 unspecified atom stereocenters. The SMILES string of the molecule is CCSc1ccc(CC(=O)N2CCN(c3nc4ccc(Br)cc4s3)CC2)cc1. The Labute approximate surface area is 182 Å². The molecule has 2 aromatic carbocycles. The Balaban J connectivity index is 1.34. The molecular weight excluding hydrogens is 454 g/mol. The molecule has 3 aromatic rings. The maximum absolute atomic E-state index is 12.7. The van der Waals surface area contributed by atoms with Crippen LogP contribution in [0.2, 0.25) is 0 Å². The molecule has 0 N–H and O–H groups in total. The minimum atomic E-state index is 0.212. The van der Waals surface area contributed by atoms with Gasteiger partial charge in [0, 0.05) is 35.5 Å². The van der Waals surface area contributed by atoms with Crippen LogP contribution in [0.4, 0.5) is 5.13 Å². The number of carbonyl (C=O) groups excluding carboxylic acids is 1. The largest absolute Gasteiger partial charge is 0.345 e. The van der Waals surface area contributed by atoms with E-state index in [-0.39, 0.29) is 5.91 Å². The molecule has 7 heteroatoms. The number of rotatable bonds is 5. The van der Waals surface area contributed by atoms with Gasteiger partial charge < -0.3 is 9.80 Å². The molecular formula is C21H22BrN3OS2. The standard InChI is InChI=1S/C21H22BrN3OS2/c1-2-27-17-6-3-15(4-7-17)13-20(26)24-9-11-25(12-10-24)21-23-18-8-5-16(22)14-19(18)28-21/h3-8,14H,2,9-13H2,1H3. The van der Waals surface area contributed by atoms with Gasteiger partial charge in [-0.15, -0.1) is 11.8 Å². The molecule has 0 spiro atoms. The Kier molecular flexibility index (Phi) is 6.23. The van der Waals surface area contributed by atoms with Crippen LogP contribution in [0.1, 0.15) is 12.5 Å². The summed E-state index contributed by atoms with van der Waals surface area (Å²) in [5.74, 6) is 1.28. The van der Waals surface area contributed by atoms with E-state index in [1.54, 1.807) is 11.3 Å². The number of halogens is 1. The van der Waals surface area contributed by atoms with Gasteiger partial charge in [-0.25, -0.2) is 4.98 Å². The van der Waals surface area contributed by atoms with Gasteiger partial charge in [-0.1, -0.05) is 46.3 Å². The molecule has 146 valence electrons. The molecule has 0 radical (unpaired) electrons. The van der Waals surface area contributed by atoms with Crippen molar-refractivity contribution in [1.29, 1.82) is 0 Å². The van der Waals surface area contributed by atoms with Crippen molar-refractivity contribution in [1.82, 2.24) is 9.88 Å². The highest BCUT2D eigenvalue weighted by molar-refractivity contribution is 9.10. The van der Waals surface area contributed by atoms with Crippen LogP contribution in [0.3, 0.4) is 0 Å². The predicted molar refractivity (Wildman–Crippen MR) is 123 cm³/mol. The first-order chi connectivity index (χ1) is 13.6. The second kappa shape index (κ2) is 8.84. The molecule has 1 saturated heterocycles. The van der Waals surface area contributed by atoms with Crippen LogP contribution in [0.25, 0.3) is 10.2 Å². The van der Waals surface area contributed by atoms with E-state index in [0.717, 1.165) is 52.6 Å². The van der Waals surface area contributed by atoms with Gasteiger partial charge in [-0.3, -0.25) is 4.79 Å². The van der Waals surface area contributed by atoms with Crippen LogP contribution in [-0.4, -0.2) is 47.7 Å². The van der Waals surface area contributed by atoms with Gasteiger partial charge in [0.05, 0.1) is 16.6 Å². The summed E-state index contributed by atoms with van der Waals surface area (Å²) in [6.07, 6.45) is 0.478. The summed E-state index contributed by atoms with van der Waals surface area (Å²) in [4.78, 5) is 23.0. The van der Waals surface area contributed by atoms with Crippen LogP contribution in [0.5, 0.6) is 0 Å². The lowest BCUT2D eigenvalue weighted by molar-refractivity contribution is -0.130. The average Bonchev–Trinajstić information content (AvgIpc) is 3.13. The smallest absolute Gasteiger partial charge is 0.227 e. The number of anilines is 1. The van der Waals surface area contributed by atoms with Gasteiger partial charge >= 0.3 is 0 Å². The van der Waals surface area contributed by atoms with Crippen molar-refractivity contribution in [3.63, 3.8) is 0 Å². The highest BCUT2D eigenvalue weighted by Crippen LogP contribution is 2.31. The molecule has 0 saturated carbocycles. The highest BCUT2D eigenvalue weighted by Gasteiger charge is 2.23. The quantitative estimate of drug-likeness (QED) is 0.483. The minimum absolute atomic E-state index is 0.212. The Morgan fingerprint density at radius 2 is 1.89 bits per heavy atom. The number of thioether (sulfide) groups is 1. The van der Waals surface area contributed by atoms with Gasteiger partial charge in [0.2, 0.25) is 5.91 Å². The average molecular weight is 476 g/mol. The molecule has 4 nitrogen and oxygen atoms in total. The number of carbonyl (C=O) groups is 1. The zero-order chi connectivity index (χ0) is 19.5. The lowest BCUT2D eigenvalue weighted by Gasteiger charge is -2.34. The Morgan fingerprint density at radius 1 is 1.14 bits per heavy atom. The second-order valence-electron chi connectivity index (χ2n) is 6.73. The van der Waals surface area contributed by atoms with Crippen molar-refractivity contribution < 1.29 is 4.79 Å². The molecule has 1 aromatic heterocycles. The number of aromatic nitrogens is 1. The van der Waals surface area contributed by atoms with Crippen molar-refractivity contribution in [2.24, 2.45) is 0 Å². The van der Waals surface area contributed by atoms with Crippen molar-refractivity contribution in [2.75, 3.05) is 36.8 Å². The maximum Gasteiger partial charge on any atom is 0.227 e. The molecule has 0 bridgehead atoms. The summed E-state index contributed by atoms with van der Waals surface area (Å²) in [5, 5.41) is 1.05. The fourth-order valence-corrected chi connectivity index (χ4v) is 5.56. The number of hydrogen-bond donors (Lipinski definition) is 0. The van der Waals surface area contributed by atoms with Gasteiger partial charge in [-0.2, -0.15) is 0 Å². The van der Waals surface area contributed by atoms with Crippen molar-refractivity contribution >= 4 is 60.3 Å². The van der Waals surface area contributed by atoms with Gasteiger partial charge in [0.25, 0.3) is 0 Å². The first kappa shape index (κ1) is 19.7. The summed E-state index contributed by atoms with van der Waals surface area (Å²) >= 11 is 7.06. The lowest BCUT2D eigenvalue weighted by Crippen LogP contribution is -2.49. The zero-order valence-electron chi connectivity index (χ0n) is 15.7. The van der Waals surface area contributed by atoms with E-state index in [0.29, 0.717) is 6.42 Å². The van der Waals surface area contributed by atoms with E-state index in [2.05, 4.69) is 58.1 Å². The van der Waals surface area contributed by atoms with E-state index < -0.39 is 0 Å². The number of thiazole rings is 1. The topological polar surface area (TPSA) is 36.4 Å². The number of hydrogen-bond acceptors (Lipinski definition) is 5. The number of amides is 1. The Morgan fingerprint density at radius 3 is 2.61 bits per heavy atom. The Hall–Kier alpha value is -1.57. The summed E-state index contributed by atoms with van der Waals surface area (Å²) < 4.78 is 2.26. The molecule has 2 heterocycles. The number of fused-ring (bicyclic) bond motifs is 1. The lowest BCUT2D eigenvalue weighted by atomic mass is 10.1. The van der Waals surface area contributed by atoms with Crippen molar-refractivity contribution in [2.45, 2.75) is 18.2 Å². The van der Waals surface area contributed by atoms with Gasteiger partial charge in [0.1, 0.15) is 0 Å². The minimum Gasteiger partial charge on any atom is -0.345 e. The fourth-order valence-electron chi connectivity index (χ4n) is 3.33. The Bertz CT molecular complexity index is 965. The fraction of sp³-hybridized carbons (Fsp3) is 0.333. The summed E-state index contributed by atoms with van der Waals surface area (Å²) in [6, 6.07) is 14.6. The summed E-state index contributed by atoms with van der Waals surface area (Å²) in [7, 11) is 0. The zero-order valence-corrected chi connectivity index (χ0v) is 18.9. The molecule has 1 fully saturated rings. The monoisotopic (exact) mass is 475 g/mol. The first-order valence-electron chi connectivity index (χ1n) is 9.43. The van der Waals surface area contributed by atoms with E-state index in [9.17, 15) is 4.79 Å². The number of piperazine rings is 1. The summed E-state index contributed by atoms with van der Waals surface area (Å²) in [6.45, 7) is 5.32. The van der Waals surface area contributed by atoms with Crippen LogP contribution < -0.4 is 4.90 Å². The predicted octanol–water partition coefficient (Wildman–Crippen LogP) is 5.06. The maximum atomic E-state index is 12.7. The first-order valence-corrected chi connectivity index (χ1v) is 12.0. The van der Waals surface area contributed by atoms with Crippen LogP contribution in [0.15, 0.2) is 51.8 Å². The summed E-state index contributed by atoms with van der Waals surface area (Å²) in [5.41, 5.74) is 2.12.